The van der Waals surface area contributed by atoms with Crippen molar-refractivity contribution in [2.45, 2.75) is 46.0 Å². The molecule has 1 aromatic carbocycles. The Bertz CT molecular complexity index is 760. The van der Waals surface area contributed by atoms with Crippen molar-refractivity contribution in [2.75, 3.05) is 32.6 Å². The minimum Gasteiger partial charge on any atom is -0.492 e. The van der Waals surface area contributed by atoms with Crippen molar-refractivity contribution in [1.82, 2.24) is 9.88 Å². The number of carbonyl (C=O) groups excluding carboxylic acids is 1. The predicted molar refractivity (Wildman–Crippen MR) is 107 cm³/mol. The Balaban J connectivity index is 1.85. The van der Waals surface area contributed by atoms with Crippen LogP contribution in [-0.2, 0) is 16.6 Å². The van der Waals surface area contributed by atoms with Crippen molar-refractivity contribution in [2.24, 2.45) is 0 Å². The number of likely N-dealkylation sites (N-methyl/N-ethyl adjacent to an activating group) is 1. The molecule has 1 amide bonds. The van der Waals surface area contributed by atoms with Crippen molar-refractivity contribution in [3.8, 4) is 5.75 Å². The van der Waals surface area contributed by atoms with Crippen molar-refractivity contribution in [3.63, 3.8) is 0 Å². The Kier molecular flexibility index (Phi) is 7.02. The van der Waals surface area contributed by atoms with E-state index in [1.807, 2.05) is 39.2 Å². The number of ether oxygens (including phenoxy) is 1. The minimum absolute atomic E-state index is 0.0603. The molecule has 0 aliphatic carbocycles. The van der Waals surface area contributed by atoms with Gasteiger partial charge in [0, 0.05) is 30.5 Å². The lowest BCUT2D eigenvalue weighted by Crippen LogP contribution is -2.19. The number of hydrogen-bond acceptors (Lipinski definition) is 5. The molecule has 2 rings (SSSR count). The summed E-state index contributed by atoms with van der Waals surface area (Å²) in [4.78, 5) is 18.6. The summed E-state index contributed by atoms with van der Waals surface area (Å²) >= 11 is 0. The molecular weight excluding hydrogens is 342 g/mol. The largest absolute Gasteiger partial charge is 0.492 e. The minimum atomic E-state index is -0.0824. The highest BCUT2D eigenvalue weighted by Gasteiger charge is 2.19. The average molecular weight is 373 g/mol. The maximum absolute atomic E-state index is 12.3. The number of oxazole rings is 1. The lowest BCUT2D eigenvalue weighted by molar-refractivity contribution is -0.116. The van der Waals surface area contributed by atoms with Gasteiger partial charge in [-0.3, -0.25) is 4.79 Å². The van der Waals surface area contributed by atoms with Gasteiger partial charge in [0.05, 0.1) is 6.20 Å². The van der Waals surface area contributed by atoms with Crippen LogP contribution in [0, 0.1) is 6.92 Å². The van der Waals surface area contributed by atoms with Gasteiger partial charge in [-0.25, -0.2) is 4.98 Å². The average Bonchev–Trinajstić information content (AvgIpc) is 3.04. The second kappa shape index (κ2) is 9.04. The Labute approximate surface area is 161 Å². The van der Waals surface area contributed by atoms with Gasteiger partial charge >= 0.3 is 0 Å². The number of carbonyl (C=O) groups is 1. The molecule has 1 N–H and O–H groups in total. The third-order valence-corrected chi connectivity index (χ3v) is 4.14. The van der Waals surface area contributed by atoms with Crippen LogP contribution in [0.5, 0.6) is 5.75 Å². The fraction of sp³-hybridized carbons (Fsp3) is 0.524. The first kappa shape index (κ1) is 21.0. The van der Waals surface area contributed by atoms with Gasteiger partial charge in [0.2, 0.25) is 5.91 Å². The summed E-state index contributed by atoms with van der Waals surface area (Å²) < 4.78 is 11.4. The van der Waals surface area contributed by atoms with Gasteiger partial charge < -0.3 is 19.4 Å². The Morgan fingerprint density at radius 3 is 2.63 bits per heavy atom. The summed E-state index contributed by atoms with van der Waals surface area (Å²) in [5.41, 5.74) is 1.68. The zero-order valence-corrected chi connectivity index (χ0v) is 17.3. The second-order valence-electron chi connectivity index (χ2n) is 8.04. The molecule has 148 valence electrons. The van der Waals surface area contributed by atoms with Gasteiger partial charge in [-0.2, -0.15) is 0 Å². The van der Waals surface area contributed by atoms with E-state index in [1.165, 1.54) is 0 Å². The van der Waals surface area contributed by atoms with Crippen LogP contribution >= 0.6 is 0 Å². The highest BCUT2D eigenvalue weighted by atomic mass is 16.5. The molecular formula is C21H31N3O3. The van der Waals surface area contributed by atoms with E-state index < -0.39 is 0 Å². The maximum atomic E-state index is 12.3. The molecule has 0 bridgehead atoms. The Hall–Kier alpha value is -2.34. The normalized spacial score (nSPS) is 11.7. The molecule has 1 heterocycles. The lowest BCUT2D eigenvalue weighted by atomic mass is 9.94. The molecule has 0 aliphatic heterocycles. The molecule has 6 nitrogen and oxygen atoms in total. The van der Waals surface area contributed by atoms with Crippen LogP contribution in [0.15, 0.2) is 28.8 Å². The number of anilines is 1. The predicted octanol–water partition coefficient (Wildman–Crippen LogP) is 3.79. The molecule has 0 aliphatic rings. The molecule has 0 radical (unpaired) electrons. The van der Waals surface area contributed by atoms with Gasteiger partial charge in [-0.05, 0) is 44.8 Å². The highest BCUT2D eigenvalue weighted by molar-refractivity contribution is 5.91. The van der Waals surface area contributed by atoms with Crippen molar-refractivity contribution < 1.29 is 13.9 Å². The summed E-state index contributed by atoms with van der Waals surface area (Å²) in [5.74, 6) is 2.17. The van der Waals surface area contributed by atoms with E-state index >= 15 is 0 Å². The van der Waals surface area contributed by atoms with Gasteiger partial charge in [0.15, 0.2) is 5.89 Å². The number of aromatic nitrogens is 1. The van der Waals surface area contributed by atoms with Crippen LogP contribution in [0.3, 0.4) is 0 Å². The first-order valence-corrected chi connectivity index (χ1v) is 9.28. The summed E-state index contributed by atoms with van der Waals surface area (Å²) in [6, 6.07) is 5.69. The van der Waals surface area contributed by atoms with Crippen LogP contribution in [0.4, 0.5) is 5.69 Å². The van der Waals surface area contributed by atoms with Gasteiger partial charge in [0.1, 0.15) is 18.1 Å². The topological polar surface area (TPSA) is 67.6 Å². The Morgan fingerprint density at radius 1 is 1.30 bits per heavy atom. The number of hydrogen-bond donors (Lipinski definition) is 1. The number of aryl methyl sites for hydroxylation is 2. The van der Waals surface area contributed by atoms with Crippen LogP contribution in [0.2, 0.25) is 0 Å². The monoisotopic (exact) mass is 373 g/mol. The molecule has 0 unspecified atom stereocenters. The zero-order valence-electron chi connectivity index (χ0n) is 17.3. The molecule has 0 saturated carbocycles. The van der Waals surface area contributed by atoms with Gasteiger partial charge in [0.25, 0.3) is 0 Å². The Morgan fingerprint density at radius 2 is 2.04 bits per heavy atom. The van der Waals surface area contributed by atoms with Crippen molar-refractivity contribution in [3.05, 3.63) is 41.6 Å². The second-order valence-corrected chi connectivity index (χ2v) is 8.04. The number of nitrogens with zero attached hydrogens (tertiary/aromatic N) is 2. The molecule has 0 spiro atoms. The molecule has 0 saturated heterocycles. The SMILES string of the molecule is Cc1cc(OCCN(C)C)ccc1NC(=O)CCc1ncc(C(C)(C)C)o1. The maximum Gasteiger partial charge on any atom is 0.224 e. The quantitative estimate of drug-likeness (QED) is 0.762. The fourth-order valence-electron chi connectivity index (χ4n) is 2.42. The summed E-state index contributed by atoms with van der Waals surface area (Å²) in [7, 11) is 4.02. The number of nitrogens with one attached hydrogen (secondary N) is 1. The number of rotatable bonds is 8. The van der Waals surface area contributed by atoms with E-state index in [0.29, 0.717) is 25.3 Å². The van der Waals surface area contributed by atoms with E-state index in [0.717, 1.165) is 29.3 Å². The van der Waals surface area contributed by atoms with Crippen LogP contribution in [0.1, 0.15) is 44.4 Å². The van der Waals surface area contributed by atoms with E-state index in [1.54, 1.807) is 6.20 Å². The van der Waals surface area contributed by atoms with Crippen molar-refractivity contribution >= 4 is 11.6 Å². The molecule has 6 heteroatoms. The van der Waals surface area contributed by atoms with E-state index in [4.69, 9.17) is 9.15 Å². The molecule has 0 fully saturated rings. The van der Waals surface area contributed by atoms with Crippen molar-refractivity contribution in [1.29, 1.82) is 0 Å². The fourth-order valence-corrected chi connectivity index (χ4v) is 2.42. The molecule has 1 aromatic heterocycles. The van der Waals surface area contributed by atoms with E-state index in [2.05, 4.69) is 36.0 Å². The zero-order chi connectivity index (χ0) is 20.0. The molecule has 2 aromatic rings. The van der Waals surface area contributed by atoms with Crippen LogP contribution in [0.25, 0.3) is 0 Å². The summed E-state index contributed by atoms with van der Waals surface area (Å²) in [6.45, 7) is 9.65. The summed E-state index contributed by atoms with van der Waals surface area (Å²) in [5, 5.41) is 2.95. The standard InChI is InChI=1S/C21H31N3O3/c1-15-13-16(26-12-11-24(5)6)7-8-17(15)23-19(25)9-10-20-22-14-18(27-20)21(2,3)4/h7-8,13-14H,9-12H2,1-6H3,(H,23,25). The smallest absolute Gasteiger partial charge is 0.224 e. The number of amides is 1. The third kappa shape index (κ3) is 6.71. The van der Waals surface area contributed by atoms with E-state index in [9.17, 15) is 4.79 Å². The lowest BCUT2D eigenvalue weighted by Gasteiger charge is -2.13. The highest BCUT2D eigenvalue weighted by Crippen LogP contribution is 2.24. The van der Waals surface area contributed by atoms with Crippen LogP contribution < -0.4 is 10.1 Å². The summed E-state index contributed by atoms with van der Waals surface area (Å²) in [6.07, 6.45) is 2.55. The van der Waals surface area contributed by atoms with Gasteiger partial charge in [-0.1, -0.05) is 20.8 Å². The van der Waals surface area contributed by atoms with E-state index in [-0.39, 0.29) is 11.3 Å². The molecule has 0 atom stereocenters. The van der Waals surface area contributed by atoms with Gasteiger partial charge in [-0.15, -0.1) is 0 Å². The molecule has 27 heavy (non-hydrogen) atoms. The van der Waals surface area contributed by atoms with Crippen LogP contribution in [-0.4, -0.2) is 43.0 Å². The first-order chi connectivity index (χ1) is 12.6. The third-order valence-electron chi connectivity index (χ3n) is 4.14. The first-order valence-electron chi connectivity index (χ1n) is 9.28. The number of benzene rings is 1.